The second kappa shape index (κ2) is 3.02. The van der Waals surface area contributed by atoms with Crippen molar-refractivity contribution in [2.45, 2.75) is 6.17 Å². The Morgan fingerprint density at radius 1 is 1.75 bits per heavy atom. The number of ether oxygens (including phenoxy) is 1. The molecule has 0 spiro atoms. The van der Waals surface area contributed by atoms with Crippen LogP contribution >= 0.6 is 0 Å². The van der Waals surface area contributed by atoms with E-state index in [-0.39, 0.29) is 0 Å². The highest BCUT2D eigenvalue weighted by Crippen LogP contribution is 1.85. The molecule has 0 aliphatic carbocycles. The van der Waals surface area contributed by atoms with Crippen molar-refractivity contribution >= 4 is 0 Å². The highest BCUT2D eigenvalue weighted by Gasteiger charge is 2.08. The molecular weight excluding hydrogens is 104 g/mol. The molecule has 0 bridgehead atoms. The van der Waals surface area contributed by atoms with Crippen LogP contribution in [0.5, 0.6) is 0 Å². The summed E-state index contributed by atoms with van der Waals surface area (Å²) >= 11 is 0. The molecule has 48 valence electrons. The molecule has 1 heterocycles. The third-order valence-electron chi connectivity index (χ3n) is 1.27. The quantitative estimate of drug-likeness (QED) is 0.468. The predicted molar refractivity (Wildman–Crippen MR) is 31.7 cm³/mol. The van der Waals surface area contributed by atoms with Crippen LogP contribution in [0.15, 0.2) is 0 Å². The van der Waals surface area contributed by atoms with Gasteiger partial charge in [-0.1, -0.05) is 0 Å². The first-order valence-electron chi connectivity index (χ1n) is 2.92. The SMILES string of the molecule is CNC1COCCN1. The van der Waals surface area contributed by atoms with Gasteiger partial charge in [0.2, 0.25) is 0 Å². The van der Waals surface area contributed by atoms with Gasteiger partial charge in [-0.3, -0.25) is 5.32 Å². The van der Waals surface area contributed by atoms with Crippen molar-refractivity contribution in [2.75, 3.05) is 26.8 Å². The Bertz CT molecular complexity index is 61.4. The molecule has 1 atom stereocenters. The smallest absolute Gasteiger partial charge is 0.0811 e. The maximum atomic E-state index is 5.15. The van der Waals surface area contributed by atoms with Gasteiger partial charge in [0.1, 0.15) is 0 Å². The summed E-state index contributed by atoms with van der Waals surface area (Å²) in [6.07, 6.45) is 0.365. The Morgan fingerprint density at radius 3 is 3.00 bits per heavy atom. The van der Waals surface area contributed by atoms with Gasteiger partial charge in [0.05, 0.1) is 19.4 Å². The zero-order chi connectivity index (χ0) is 5.82. The van der Waals surface area contributed by atoms with E-state index in [0.29, 0.717) is 6.17 Å². The van der Waals surface area contributed by atoms with Crippen molar-refractivity contribution in [1.29, 1.82) is 0 Å². The predicted octanol–water partition coefficient (Wildman–Crippen LogP) is -0.848. The Hall–Kier alpha value is -0.120. The molecule has 2 N–H and O–H groups in total. The minimum Gasteiger partial charge on any atom is -0.377 e. The zero-order valence-corrected chi connectivity index (χ0v) is 5.11. The van der Waals surface area contributed by atoms with Gasteiger partial charge in [-0.2, -0.15) is 0 Å². The van der Waals surface area contributed by atoms with E-state index in [1.807, 2.05) is 7.05 Å². The van der Waals surface area contributed by atoms with Crippen molar-refractivity contribution in [1.82, 2.24) is 10.6 Å². The van der Waals surface area contributed by atoms with Gasteiger partial charge in [-0.15, -0.1) is 0 Å². The van der Waals surface area contributed by atoms with Crippen molar-refractivity contribution in [3.05, 3.63) is 0 Å². The third-order valence-corrected chi connectivity index (χ3v) is 1.27. The molecule has 0 amide bonds. The number of likely N-dealkylation sites (N-methyl/N-ethyl adjacent to an activating group) is 1. The van der Waals surface area contributed by atoms with Gasteiger partial charge in [0.15, 0.2) is 0 Å². The van der Waals surface area contributed by atoms with Crippen LogP contribution in [0.1, 0.15) is 0 Å². The summed E-state index contributed by atoms with van der Waals surface area (Å²) in [5.41, 5.74) is 0. The standard InChI is InChI=1S/C5H12N2O/c1-6-5-4-8-3-2-7-5/h5-7H,2-4H2,1H3. The molecule has 1 rings (SSSR count). The van der Waals surface area contributed by atoms with Crippen molar-refractivity contribution in [3.63, 3.8) is 0 Å². The number of hydrogen-bond donors (Lipinski definition) is 2. The molecule has 0 radical (unpaired) electrons. The molecule has 3 nitrogen and oxygen atoms in total. The van der Waals surface area contributed by atoms with Crippen LogP contribution in [0.4, 0.5) is 0 Å². The van der Waals surface area contributed by atoms with Gasteiger partial charge < -0.3 is 10.1 Å². The fourth-order valence-electron chi connectivity index (χ4n) is 0.751. The van der Waals surface area contributed by atoms with Crippen LogP contribution in [0.25, 0.3) is 0 Å². The lowest BCUT2D eigenvalue weighted by Crippen LogP contribution is -2.48. The van der Waals surface area contributed by atoms with Gasteiger partial charge >= 0.3 is 0 Å². The molecule has 0 aromatic heterocycles. The summed E-state index contributed by atoms with van der Waals surface area (Å²) in [5, 5.41) is 6.30. The highest BCUT2D eigenvalue weighted by atomic mass is 16.5. The summed E-state index contributed by atoms with van der Waals surface area (Å²) in [4.78, 5) is 0. The number of rotatable bonds is 1. The lowest BCUT2D eigenvalue weighted by atomic mass is 10.4. The number of hydrogen-bond acceptors (Lipinski definition) is 3. The summed E-state index contributed by atoms with van der Waals surface area (Å²) in [6.45, 7) is 2.60. The molecule has 8 heavy (non-hydrogen) atoms. The zero-order valence-electron chi connectivity index (χ0n) is 5.11. The fraction of sp³-hybridized carbons (Fsp3) is 1.00. The molecule has 1 aliphatic rings. The van der Waals surface area contributed by atoms with Crippen LogP contribution in [0, 0.1) is 0 Å². The van der Waals surface area contributed by atoms with Gasteiger partial charge in [-0.25, -0.2) is 0 Å². The molecular formula is C5H12N2O. The minimum atomic E-state index is 0.365. The number of nitrogens with one attached hydrogen (secondary N) is 2. The molecule has 0 aromatic carbocycles. The largest absolute Gasteiger partial charge is 0.377 e. The molecule has 1 fully saturated rings. The first-order valence-corrected chi connectivity index (χ1v) is 2.92. The Morgan fingerprint density at radius 2 is 2.62 bits per heavy atom. The van der Waals surface area contributed by atoms with Crippen molar-refractivity contribution in [3.8, 4) is 0 Å². The monoisotopic (exact) mass is 116 g/mol. The second-order valence-corrected chi connectivity index (χ2v) is 1.87. The van der Waals surface area contributed by atoms with E-state index in [1.165, 1.54) is 0 Å². The summed E-state index contributed by atoms with van der Waals surface area (Å²) in [6, 6.07) is 0. The average Bonchev–Trinajstić information content (AvgIpc) is 1.90. The topological polar surface area (TPSA) is 33.3 Å². The normalized spacial score (nSPS) is 30.4. The average molecular weight is 116 g/mol. The van der Waals surface area contributed by atoms with E-state index < -0.39 is 0 Å². The summed E-state index contributed by atoms with van der Waals surface area (Å²) in [7, 11) is 1.92. The van der Waals surface area contributed by atoms with Crippen LogP contribution in [-0.4, -0.2) is 33.0 Å². The van der Waals surface area contributed by atoms with E-state index in [2.05, 4.69) is 10.6 Å². The maximum Gasteiger partial charge on any atom is 0.0811 e. The minimum absolute atomic E-state index is 0.365. The molecule has 1 aliphatic heterocycles. The number of morpholine rings is 1. The molecule has 0 aromatic rings. The van der Waals surface area contributed by atoms with E-state index in [4.69, 9.17) is 4.74 Å². The summed E-state index contributed by atoms with van der Waals surface area (Å²) in [5.74, 6) is 0. The highest BCUT2D eigenvalue weighted by molar-refractivity contribution is 4.64. The first kappa shape index (κ1) is 6.01. The van der Waals surface area contributed by atoms with Crippen molar-refractivity contribution < 1.29 is 4.74 Å². The van der Waals surface area contributed by atoms with Crippen LogP contribution in [0.2, 0.25) is 0 Å². The molecule has 1 unspecified atom stereocenters. The van der Waals surface area contributed by atoms with Crippen LogP contribution < -0.4 is 10.6 Å². The van der Waals surface area contributed by atoms with E-state index in [1.54, 1.807) is 0 Å². The third kappa shape index (κ3) is 1.43. The van der Waals surface area contributed by atoms with Gasteiger partial charge in [0.25, 0.3) is 0 Å². The first-order chi connectivity index (χ1) is 3.93. The van der Waals surface area contributed by atoms with Crippen LogP contribution in [0.3, 0.4) is 0 Å². The van der Waals surface area contributed by atoms with E-state index in [9.17, 15) is 0 Å². The fourth-order valence-corrected chi connectivity index (χ4v) is 0.751. The molecule has 3 heteroatoms. The Kier molecular flexibility index (Phi) is 2.27. The lowest BCUT2D eigenvalue weighted by Gasteiger charge is -2.22. The van der Waals surface area contributed by atoms with E-state index >= 15 is 0 Å². The molecule has 0 saturated carbocycles. The Balaban J connectivity index is 2.13. The van der Waals surface area contributed by atoms with E-state index in [0.717, 1.165) is 19.8 Å². The lowest BCUT2D eigenvalue weighted by molar-refractivity contribution is 0.0686. The molecule has 1 saturated heterocycles. The Labute approximate surface area is 49.4 Å². The maximum absolute atomic E-state index is 5.15. The van der Waals surface area contributed by atoms with Crippen LogP contribution in [-0.2, 0) is 4.74 Å². The second-order valence-electron chi connectivity index (χ2n) is 1.87. The van der Waals surface area contributed by atoms with Crippen molar-refractivity contribution in [2.24, 2.45) is 0 Å². The van der Waals surface area contributed by atoms with Gasteiger partial charge in [-0.05, 0) is 7.05 Å². The van der Waals surface area contributed by atoms with Gasteiger partial charge in [0, 0.05) is 6.54 Å². The summed E-state index contributed by atoms with van der Waals surface area (Å²) < 4.78 is 5.15.